The summed E-state index contributed by atoms with van der Waals surface area (Å²) in [5, 5.41) is 17.6. The van der Waals surface area contributed by atoms with E-state index in [4.69, 9.17) is 26.1 Å². The van der Waals surface area contributed by atoms with Crippen LogP contribution in [-0.2, 0) is 9.53 Å². The number of nitrogens with zero attached hydrogens (tertiary/aromatic N) is 5. The molecule has 1 unspecified atom stereocenters. The maximum Gasteiger partial charge on any atom is 0.411 e. The van der Waals surface area contributed by atoms with Crippen molar-refractivity contribution in [1.29, 1.82) is 0 Å². The van der Waals surface area contributed by atoms with E-state index in [0.717, 1.165) is 24.8 Å². The van der Waals surface area contributed by atoms with Crippen LogP contribution in [-0.4, -0.2) is 55.9 Å². The van der Waals surface area contributed by atoms with Gasteiger partial charge in [0.1, 0.15) is 17.9 Å². The molecule has 0 saturated heterocycles. The molecule has 42 heavy (non-hydrogen) atoms. The van der Waals surface area contributed by atoms with Gasteiger partial charge in [-0.3, -0.25) is 10.1 Å². The summed E-state index contributed by atoms with van der Waals surface area (Å²) in [6.07, 6.45) is 9.28. The molecule has 218 valence electrons. The predicted octanol–water partition coefficient (Wildman–Crippen LogP) is 5.34. The Balaban J connectivity index is 1.39. The molecule has 2 atom stereocenters. The van der Waals surface area contributed by atoms with E-state index in [1.54, 1.807) is 42.6 Å². The molecule has 5 rings (SSSR count). The van der Waals surface area contributed by atoms with Crippen LogP contribution in [0, 0.1) is 5.92 Å². The van der Waals surface area contributed by atoms with Crippen LogP contribution < -0.4 is 15.4 Å². The molecule has 13 heteroatoms. The van der Waals surface area contributed by atoms with E-state index in [9.17, 15) is 9.59 Å². The minimum Gasteiger partial charge on any atom is -0.493 e. The van der Waals surface area contributed by atoms with Crippen LogP contribution in [0.2, 0.25) is 5.02 Å². The lowest BCUT2D eigenvalue weighted by Gasteiger charge is -2.17. The number of methoxy groups -OCH3 is 1. The highest BCUT2D eigenvalue weighted by Gasteiger charge is 2.21. The number of nitrogens with one attached hydrogen (secondary N) is 3. The highest BCUT2D eigenvalue weighted by Crippen LogP contribution is 2.34. The molecule has 2 amide bonds. The van der Waals surface area contributed by atoms with Gasteiger partial charge in [0.2, 0.25) is 5.91 Å². The summed E-state index contributed by atoms with van der Waals surface area (Å²) < 4.78 is 12.4. The summed E-state index contributed by atoms with van der Waals surface area (Å²) in [4.78, 5) is 32.9. The predicted molar refractivity (Wildman–Crippen MR) is 157 cm³/mol. The summed E-state index contributed by atoms with van der Waals surface area (Å²) in [5.41, 5.74) is 3.35. The first-order valence-electron chi connectivity index (χ1n) is 13.6. The van der Waals surface area contributed by atoms with E-state index in [-0.39, 0.29) is 11.9 Å². The number of carbonyl (C=O) groups excluding carboxylic acids is 2. The summed E-state index contributed by atoms with van der Waals surface area (Å²) in [6, 6.07) is 10.3. The Morgan fingerprint density at radius 3 is 2.88 bits per heavy atom. The second-order valence-corrected chi connectivity index (χ2v) is 10.5. The third kappa shape index (κ3) is 7.13. The number of carbonyl (C=O) groups is 2. The Morgan fingerprint density at radius 2 is 2.07 bits per heavy atom. The van der Waals surface area contributed by atoms with Crippen molar-refractivity contribution >= 4 is 35.4 Å². The number of H-pyrrole nitrogens is 1. The number of benzene rings is 2. The second kappa shape index (κ2) is 13.3. The maximum atomic E-state index is 13.1. The summed E-state index contributed by atoms with van der Waals surface area (Å²) >= 11 is 6.22. The van der Waals surface area contributed by atoms with Crippen molar-refractivity contribution in [1.82, 2.24) is 35.5 Å². The van der Waals surface area contributed by atoms with E-state index in [2.05, 4.69) is 38.1 Å². The van der Waals surface area contributed by atoms with E-state index in [0.29, 0.717) is 58.2 Å². The van der Waals surface area contributed by atoms with Gasteiger partial charge in [0.25, 0.3) is 0 Å². The molecule has 12 nitrogen and oxygen atoms in total. The van der Waals surface area contributed by atoms with Crippen molar-refractivity contribution in [2.24, 2.45) is 5.92 Å². The lowest BCUT2D eigenvalue weighted by Crippen LogP contribution is -2.28. The number of hydrogen-bond donors (Lipinski definition) is 3. The molecule has 0 radical (unpaired) electrons. The molecule has 0 fully saturated rings. The van der Waals surface area contributed by atoms with Crippen molar-refractivity contribution in [3.63, 3.8) is 0 Å². The second-order valence-electron chi connectivity index (χ2n) is 10.0. The molecule has 4 aromatic rings. The summed E-state index contributed by atoms with van der Waals surface area (Å²) in [6.45, 7) is 2.71. The average molecular weight is 591 g/mol. The fourth-order valence-corrected chi connectivity index (χ4v) is 4.92. The Kier molecular flexibility index (Phi) is 9.12. The number of halogens is 1. The molecule has 0 spiro atoms. The van der Waals surface area contributed by atoms with Crippen molar-refractivity contribution in [3.8, 4) is 22.7 Å². The van der Waals surface area contributed by atoms with Crippen LogP contribution in [0.5, 0.6) is 5.75 Å². The van der Waals surface area contributed by atoms with Crippen LogP contribution in [0.4, 0.5) is 10.5 Å². The van der Waals surface area contributed by atoms with Gasteiger partial charge < -0.3 is 19.8 Å². The number of anilines is 1. The van der Waals surface area contributed by atoms with Crippen LogP contribution >= 0.6 is 11.6 Å². The average Bonchev–Trinajstić information content (AvgIpc) is 3.69. The van der Waals surface area contributed by atoms with Gasteiger partial charge in [-0.05, 0) is 65.6 Å². The maximum absolute atomic E-state index is 13.1. The molecule has 0 saturated carbocycles. The lowest BCUT2D eigenvalue weighted by atomic mass is 9.98. The zero-order valence-corrected chi connectivity index (χ0v) is 24.0. The quantitative estimate of drug-likeness (QED) is 0.264. The largest absolute Gasteiger partial charge is 0.493 e. The highest BCUT2D eigenvalue weighted by atomic mass is 35.5. The molecule has 0 aliphatic carbocycles. The molecular weight excluding hydrogens is 560 g/mol. The smallest absolute Gasteiger partial charge is 0.411 e. The number of aromatic amines is 1. The molecule has 2 aromatic heterocycles. The molecule has 1 aliphatic rings. The van der Waals surface area contributed by atoms with Crippen LogP contribution in [0.25, 0.3) is 23.0 Å². The number of fused-ring (bicyclic) bond motifs is 4. The van der Waals surface area contributed by atoms with Crippen molar-refractivity contribution in [3.05, 3.63) is 71.4 Å². The van der Waals surface area contributed by atoms with Gasteiger partial charge in [0.15, 0.2) is 0 Å². The van der Waals surface area contributed by atoms with Crippen molar-refractivity contribution in [2.45, 2.75) is 38.6 Å². The van der Waals surface area contributed by atoms with Crippen molar-refractivity contribution in [2.75, 3.05) is 19.0 Å². The topological polar surface area (TPSA) is 149 Å². The summed E-state index contributed by atoms with van der Waals surface area (Å²) in [5.74, 6) is 1.37. The molecular formula is C29H31ClN8O4. The van der Waals surface area contributed by atoms with Gasteiger partial charge in [0.05, 0.1) is 31.1 Å². The Hall–Kier alpha value is -4.71. The minimum atomic E-state index is -0.565. The Labute approximate surface area is 247 Å². The van der Waals surface area contributed by atoms with Gasteiger partial charge in [-0.2, -0.15) is 4.68 Å². The summed E-state index contributed by atoms with van der Waals surface area (Å²) in [7, 11) is 1.31. The van der Waals surface area contributed by atoms with E-state index in [1.165, 1.54) is 24.2 Å². The molecule has 2 bridgehead atoms. The fourth-order valence-electron chi connectivity index (χ4n) is 4.74. The number of tetrazole rings is 1. The van der Waals surface area contributed by atoms with Gasteiger partial charge in [-0.1, -0.05) is 31.4 Å². The third-order valence-corrected chi connectivity index (χ3v) is 7.23. The number of aromatic nitrogens is 6. The Bertz CT molecular complexity index is 1570. The minimum absolute atomic E-state index is 0.278. The standard InChI is InChI=1S/C29H31ClN8O4/c1-18-4-3-5-23(34-27(39)11-6-19-14-20(30)7-10-25(19)38-17-32-36-37-38)28-31-16-24(35-28)22-9-8-21(33-29(40)41-2)15-26(22)42-13-12-18/h6-11,14-18,23H,3-5,12-13H2,1-2H3,(H,31,35)(H,33,40)(H,34,39)/t18-,23?/m0/s1. The van der Waals surface area contributed by atoms with E-state index < -0.39 is 6.09 Å². The SMILES string of the molecule is COC(=O)Nc1ccc2c(c1)OCC[C@@H](C)CCCC(NC(=O)C=Cc1cc(Cl)ccc1-n1cnnn1)c1nc-2c[nH]1. The van der Waals surface area contributed by atoms with Crippen LogP contribution in [0.15, 0.2) is 55.0 Å². The fraction of sp³-hybridized carbons (Fsp3) is 0.310. The normalized spacial score (nSPS) is 17.2. The number of imidazole rings is 1. The third-order valence-electron chi connectivity index (χ3n) is 6.99. The molecule has 1 aliphatic heterocycles. The molecule has 3 N–H and O–H groups in total. The van der Waals surface area contributed by atoms with Crippen LogP contribution in [0.1, 0.15) is 50.0 Å². The van der Waals surface area contributed by atoms with Crippen molar-refractivity contribution < 1.29 is 19.1 Å². The Morgan fingerprint density at radius 1 is 1.19 bits per heavy atom. The molecule has 3 heterocycles. The lowest BCUT2D eigenvalue weighted by molar-refractivity contribution is -0.117. The zero-order valence-electron chi connectivity index (χ0n) is 23.2. The zero-order chi connectivity index (χ0) is 29.5. The highest BCUT2D eigenvalue weighted by molar-refractivity contribution is 6.30. The number of amides is 2. The molecule has 2 aromatic carbocycles. The van der Waals surface area contributed by atoms with Gasteiger partial charge in [0, 0.05) is 40.2 Å². The number of rotatable bonds is 5. The van der Waals surface area contributed by atoms with Crippen LogP contribution in [0.3, 0.4) is 0 Å². The van der Waals surface area contributed by atoms with E-state index >= 15 is 0 Å². The first-order valence-corrected chi connectivity index (χ1v) is 14.0. The van der Waals surface area contributed by atoms with Gasteiger partial charge in [-0.25, -0.2) is 9.78 Å². The van der Waals surface area contributed by atoms with E-state index in [1.807, 2.05) is 6.07 Å². The monoisotopic (exact) mass is 590 g/mol. The first-order chi connectivity index (χ1) is 20.4. The number of ether oxygens (including phenoxy) is 2. The van der Waals surface area contributed by atoms with Gasteiger partial charge in [-0.15, -0.1) is 5.10 Å². The van der Waals surface area contributed by atoms with Gasteiger partial charge >= 0.3 is 6.09 Å². The number of hydrogen-bond acceptors (Lipinski definition) is 8. The first kappa shape index (κ1) is 28.8.